The number of nitrogens with two attached hydrogens (primary N) is 1. The molecule has 4 nitrogen and oxygen atoms in total. The van der Waals surface area contributed by atoms with Gasteiger partial charge in [-0.1, -0.05) is 29.0 Å². The summed E-state index contributed by atoms with van der Waals surface area (Å²) in [5.74, 6) is 0. The van der Waals surface area contributed by atoms with Crippen LogP contribution in [0.25, 0.3) is 11.3 Å². The molecule has 2 N–H and O–H groups in total. The number of aromatic nitrogens is 1. The van der Waals surface area contributed by atoms with E-state index >= 15 is 0 Å². The Balaban J connectivity index is 1.97. The van der Waals surface area contributed by atoms with Crippen LogP contribution in [0, 0.1) is 0 Å². The maximum absolute atomic E-state index is 13.1. The van der Waals surface area contributed by atoms with Gasteiger partial charge in [0.1, 0.15) is 10.7 Å². The number of halogens is 4. The van der Waals surface area contributed by atoms with Crippen molar-refractivity contribution in [2.24, 2.45) is 0 Å². The fourth-order valence-corrected chi connectivity index (χ4v) is 4.05. The number of nitrogens with zero attached hydrogens (tertiary/aromatic N) is 2. The number of thiazole rings is 1. The zero-order valence-corrected chi connectivity index (χ0v) is 15.0. The van der Waals surface area contributed by atoms with E-state index in [1.807, 2.05) is 0 Å². The fraction of sp³-hybridized carbons (Fsp3) is 0.438. The molecule has 1 saturated heterocycles. The molecule has 1 aromatic heterocycles. The Kier molecular flexibility index (Phi) is 5.13. The Morgan fingerprint density at radius 1 is 1.32 bits per heavy atom. The number of hydrogen-bond donors (Lipinski definition) is 1. The molecule has 0 spiro atoms. The van der Waals surface area contributed by atoms with Crippen LogP contribution in [0.1, 0.15) is 18.4 Å². The maximum Gasteiger partial charge on any atom is 0.417 e. The first-order valence-corrected chi connectivity index (χ1v) is 8.90. The summed E-state index contributed by atoms with van der Waals surface area (Å²) >= 11 is 6.99. The normalized spacial score (nSPS) is 16.4. The Bertz CT molecular complexity index is 758. The molecule has 0 radical (unpaired) electrons. The predicted molar refractivity (Wildman–Crippen MR) is 94.2 cm³/mol. The summed E-state index contributed by atoms with van der Waals surface area (Å²) in [5, 5.41) is 0.770. The van der Waals surface area contributed by atoms with E-state index in [1.165, 1.54) is 23.5 Å². The number of piperidine rings is 1. The zero-order chi connectivity index (χ0) is 18.2. The standard InChI is InChI=1S/C16H17ClF3N3OS/c1-24-10-4-6-23(7-5-10)14-13(22-15(21)25-14)9-2-3-12(17)11(8-9)16(18,19)20/h2-3,8,10H,4-7H2,1H3,(H2,21,22). The summed E-state index contributed by atoms with van der Waals surface area (Å²) < 4.78 is 44.8. The van der Waals surface area contributed by atoms with Gasteiger partial charge in [-0.15, -0.1) is 0 Å². The van der Waals surface area contributed by atoms with Gasteiger partial charge in [0.15, 0.2) is 5.13 Å². The average Bonchev–Trinajstić information content (AvgIpc) is 2.96. The first-order valence-electron chi connectivity index (χ1n) is 7.70. The van der Waals surface area contributed by atoms with Gasteiger partial charge >= 0.3 is 6.18 Å². The zero-order valence-electron chi connectivity index (χ0n) is 13.4. The topological polar surface area (TPSA) is 51.4 Å². The number of ether oxygens (including phenoxy) is 1. The Morgan fingerprint density at radius 2 is 2.00 bits per heavy atom. The lowest BCUT2D eigenvalue weighted by Crippen LogP contribution is -2.36. The minimum absolute atomic E-state index is 0.206. The molecule has 2 aromatic rings. The van der Waals surface area contributed by atoms with Crippen LogP contribution in [0.15, 0.2) is 18.2 Å². The second kappa shape index (κ2) is 7.01. The third-order valence-electron chi connectivity index (χ3n) is 4.23. The van der Waals surface area contributed by atoms with E-state index in [0.29, 0.717) is 16.4 Å². The molecule has 1 aliphatic heterocycles. The molecule has 1 aliphatic rings. The number of benzene rings is 1. The van der Waals surface area contributed by atoms with E-state index in [4.69, 9.17) is 22.1 Å². The Morgan fingerprint density at radius 3 is 2.60 bits per heavy atom. The molecule has 0 bridgehead atoms. The third kappa shape index (κ3) is 3.86. The largest absolute Gasteiger partial charge is 0.417 e. The van der Waals surface area contributed by atoms with Gasteiger partial charge in [0.2, 0.25) is 0 Å². The van der Waals surface area contributed by atoms with Gasteiger partial charge in [-0.3, -0.25) is 0 Å². The van der Waals surface area contributed by atoms with Gasteiger partial charge < -0.3 is 15.4 Å². The van der Waals surface area contributed by atoms with Gasteiger partial charge in [0.05, 0.1) is 16.7 Å². The molecule has 2 heterocycles. The van der Waals surface area contributed by atoms with Crippen molar-refractivity contribution >= 4 is 33.1 Å². The van der Waals surface area contributed by atoms with Gasteiger partial charge in [0.25, 0.3) is 0 Å². The van der Waals surface area contributed by atoms with E-state index in [2.05, 4.69) is 9.88 Å². The lowest BCUT2D eigenvalue weighted by atomic mass is 10.1. The summed E-state index contributed by atoms with van der Waals surface area (Å²) in [6.07, 6.45) is -2.62. The smallest absolute Gasteiger partial charge is 0.381 e. The summed E-state index contributed by atoms with van der Waals surface area (Å²) in [7, 11) is 1.68. The Labute approximate surface area is 152 Å². The summed E-state index contributed by atoms with van der Waals surface area (Å²) in [4.78, 5) is 6.36. The van der Waals surface area contributed by atoms with Gasteiger partial charge in [-0.2, -0.15) is 13.2 Å². The molecule has 3 rings (SSSR count). The summed E-state index contributed by atoms with van der Waals surface area (Å²) in [6, 6.07) is 3.82. The lowest BCUT2D eigenvalue weighted by molar-refractivity contribution is -0.137. The van der Waals surface area contributed by atoms with E-state index in [-0.39, 0.29) is 11.1 Å². The van der Waals surface area contributed by atoms with Crippen LogP contribution < -0.4 is 10.6 Å². The van der Waals surface area contributed by atoms with Crippen molar-refractivity contribution < 1.29 is 17.9 Å². The quantitative estimate of drug-likeness (QED) is 0.825. The number of nitrogen functional groups attached to an aromatic ring is 1. The van der Waals surface area contributed by atoms with E-state index < -0.39 is 11.7 Å². The molecule has 0 atom stereocenters. The van der Waals surface area contributed by atoms with Crippen LogP contribution in [0.2, 0.25) is 5.02 Å². The maximum atomic E-state index is 13.1. The van der Waals surface area contributed by atoms with E-state index in [0.717, 1.165) is 37.0 Å². The molecule has 0 amide bonds. The number of hydrogen-bond acceptors (Lipinski definition) is 5. The second-order valence-corrected chi connectivity index (χ2v) is 7.24. The van der Waals surface area contributed by atoms with Crippen molar-refractivity contribution in [1.29, 1.82) is 0 Å². The number of methoxy groups -OCH3 is 1. The monoisotopic (exact) mass is 391 g/mol. The second-order valence-electron chi connectivity index (χ2n) is 5.82. The van der Waals surface area contributed by atoms with Crippen LogP contribution >= 0.6 is 22.9 Å². The van der Waals surface area contributed by atoms with E-state index in [1.54, 1.807) is 7.11 Å². The van der Waals surface area contributed by atoms with Crippen LogP contribution in [0.3, 0.4) is 0 Å². The molecule has 9 heteroatoms. The first-order chi connectivity index (χ1) is 11.8. The number of alkyl halides is 3. The summed E-state index contributed by atoms with van der Waals surface area (Å²) in [5.41, 5.74) is 5.78. The molecule has 0 saturated carbocycles. The van der Waals surface area contributed by atoms with Crippen molar-refractivity contribution in [2.45, 2.75) is 25.1 Å². The number of anilines is 2. The van der Waals surface area contributed by atoms with Crippen LogP contribution in [-0.2, 0) is 10.9 Å². The minimum atomic E-state index is -4.52. The molecular formula is C16H17ClF3N3OS. The molecule has 25 heavy (non-hydrogen) atoms. The van der Waals surface area contributed by atoms with Crippen LogP contribution in [-0.4, -0.2) is 31.3 Å². The predicted octanol–water partition coefficient (Wildman–Crippen LogP) is 4.68. The Hall–Kier alpha value is -1.51. The first kappa shape index (κ1) is 18.3. The molecule has 0 unspecified atom stereocenters. The SMILES string of the molecule is COC1CCN(c2sc(N)nc2-c2ccc(Cl)c(C(F)(F)F)c2)CC1. The van der Waals surface area contributed by atoms with Crippen LogP contribution in [0.5, 0.6) is 0 Å². The highest BCUT2D eigenvalue weighted by atomic mass is 35.5. The fourth-order valence-electron chi connectivity index (χ4n) is 2.91. The minimum Gasteiger partial charge on any atom is -0.381 e. The van der Waals surface area contributed by atoms with Crippen molar-refractivity contribution in [3.63, 3.8) is 0 Å². The highest BCUT2D eigenvalue weighted by molar-refractivity contribution is 7.19. The van der Waals surface area contributed by atoms with E-state index in [9.17, 15) is 13.2 Å². The van der Waals surface area contributed by atoms with Crippen LogP contribution in [0.4, 0.5) is 23.3 Å². The highest BCUT2D eigenvalue weighted by Gasteiger charge is 2.34. The lowest BCUT2D eigenvalue weighted by Gasteiger charge is -2.32. The molecular weight excluding hydrogens is 375 g/mol. The molecule has 1 aromatic carbocycles. The summed E-state index contributed by atoms with van der Waals surface area (Å²) in [6.45, 7) is 1.49. The van der Waals surface area contributed by atoms with Gasteiger partial charge in [0, 0.05) is 25.8 Å². The average molecular weight is 392 g/mol. The van der Waals surface area contributed by atoms with Crippen molar-refractivity contribution in [3.8, 4) is 11.3 Å². The van der Waals surface area contributed by atoms with Crippen molar-refractivity contribution in [2.75, 3.05) is 30.8 Å². The molecule has 1 fully saturated rings. The van der Waals surface area contributed by atoms with Crippen molar-refractivity contribution in [1.82, 2.24) is 4.98 Å². The third-order valence-corrected chi connectivity index (χ3v) is 5.51. The van der Waals surface area contributed by atoms with Gasteiger partial charge in [-0.05, 0) is 25.0 Å². The number of rotatable bonds is 3. The highest BCUT2D eigenvalue weighted by Crippen LogP contribution is 2.42. The molecule has 136 valence electrons. The molecule has 0 aliphatic carbocycles. The van der Waals surface area contributed by atoms with Crippen molar-refractivity contribution in [3.05, 3.63) is 28.8 Å². The van der Waals surface area contributed by atoms with Gasteiger partial charge in [-0.25, -0.2) is 4.98 Å².